The van der Waals surface area contributed by atoms with Gasteiger partial charge in [0.2, 0.25) is 20.0 Å². The second-order valence-corrected chi connectivity index (χ2v) is 12.5. The number of rotatable bonds is 4. The summed E-state index contributed by atoms with van der Waals surface area (Å²) in [4.78, 5) is 5.09. The van der Waals surface area contributed by atoms with E-state index in [0.717, 1.165) is 11.1 Å². The molecular formula is C25H30N4O4S2. The molecular weight excluding hydrogens is 484 g/mol. The number of fused-ring (bicyclic) bond motifs is 2. The van der Waals surface area contributed by atoms with E-state index < -0.39 is 20.0 Å². The van der Waals surface area contributed by atoms with Crippen LogP contribution in [0.15, 0.2) is 76.5 Å². The zero-order valence-corrected chi connectivity index (χ0v) is 21.5. The largest absolute Gasteiger partial charge is 0.314 e. The second kappa shape index (κ2) is 10.5. The van der Waals surface area contributed by atoms with Crippen LogP contribution < -0.4 is 5.32 Å². The predicted molar refractivity (Wildman–Crippen MR) is 135 cm³/mol. The summed E-state index contributed by atoms with van der Waals surface area (Å²) in [6.45, 7) is 5.22. The van der Waals surface area contributed by atoms with Crippen LogP contribution in [0.4, 0.5) is 0 Å². The monoisotopic (exact) mass is 514 g/mol. The SMILES string of the molecule is Cc1ccc(S(=O)(=O)N2CCNCCN(S(=O)(=O)c3ccc(C)cc3)Cc3cccc(n3)C2)cc1. The third-order valence-corrected chi connectivity index (χ3v) is 9.65. The predicted octanol–water partition coefficient (Wildman–Crippen LogP) is 2.68. The molecule has 2 aromatic carbocycles. The lowest BCUT2D eigenvalue weighted by Gasteiger charge is -2.26. The highest BCUT2D eigenvalue weighted by atomic mass is 32.2. The number of pyridine rings is 1. The molecule has 0 fully saturated rings. The van der Waals surface area contributed by atoms with Gasteiger partial charge in [-0.1, -0.05) is 41.5 Å². The fraction of sp³-hybridized carbons (Fsp3) is 0.320. The molecule has 0 spiro atoms. The fourth-order valence-electron chi connectivity index (χ4n) is 3.89. The number of sulfonamides is 2. The van der Waals surface area contributed by atoms with E-state index in [9.17, 15) is 16.8 Å². The minimum Gasteiger partial charge on any atom is -0.314 e. The van der Waals surface area contributed by atoms with Crippen molar-refractivity contribution in [3.8, 4) is 0 Å². The Bertz CT molecular complexity index is 1270. The maximum absolute atomic E-state index is 13.4. The highest BCUT2D eigenvalue weighted by Gasteiger charge is 2.27. The zero-order valence-electron chi connectivity index (χ0n) is 19.9. The Morgan fingerprint density at radius 3 is 1.46 bits per heavy atom. The van der Waals surface area contributed by atoms with Crippen molar-refractivity contribution in [3.63, 3.8) is 0 Å². The van der Waals surface area contributed by atoms with Gasteiger partial charge < -0.3 is 5.32 Å². The first kappa shape index (κ1) is 25.5. The molecule has 0 saturated heterocycles. The molecule has 1 aromatic heterocycles. The molecule has 1 aliphatic rings. The van der Waals surface area contributed by atoms with Gasteiger partial charge in [0.15, 0.2) is 0 Å². The van der Waals surface area contributed by atoms with Crippen LogP contribution in [-0.4, -0.2) is 56.6 Å². The van der Waals surface area contributed by atoms with Crippen LogP contribution in [-0.2, 0) is 33.1 Å². The molecule has 8 nitrogen and oxygen atoms in total. The van der Waals surface area contributed by atoms with Crippen LogP contribution in [0.3, 0.4) is 0 Å². The molecule has 0 saturated carbocycles. The van der Waals surface area contributed by atoms with E-state index in [1.165, 1.54) is 8.61 Å². The summed E-state index contributed by atoms with van der Waals surface area (Å²) in [5.74, 6) is 0. The number of hydrogen-bond donors (Lipinski definition) is 1. The van der Waals surface area contributed by atoms with Gasteiger partial charge in [-0.15, -0.1) is 0 Å². The van der Waals surface area contributed by atoms with Gasteiger partial charge in [-0.3, -0.25) is 4.98 Å². The molecule has 3 aromatic rings. The van der Waals surface area contributed by atoms with Gasteiger partial charge in [-0.2, -0.15) is 8.61 Å². The molecule has 10 heteroatoms. The highest BCUT2D eigenvalue weighted by Crippen LogP contribution is 2.21. The Labute approximate surface area is 207 Å². The third kappa shape index (κ3) is 5.96. The summed E-state index contributed by atoms with van der Waals surface area (Å²) in [5, 5.41) is 3.20. The molecule has 2 heterocycles. The average molecular weight is 515 g/mol. The number of nitrogens with zero attached hydrogens (tertiary/aromatic N) is 3. The summed E-state index contributed by atoms with van der Waals surface area (Å²) < 4.78 is 56.3. The number of aromatic nitrogens is 1. The molecule has 0 amide bonds. The number of aryl methyl sites for hydroxylation is 2. The van der Waals surface area contributed by atoms with E-state index in [2.05, 4.69) is 10.3 Å². The summed E-state index contributed by atoms with van der Waals surface area (Å²) in [6, 6.07) is 18.9. The van der Waals surface area contributed by atoms with E-state index in [-0.39, 0.29) is 36.0 Å². The molecule has 0 atom stereocenters. The summed E-state index contributed by atoms with van der Waals surface area (Å²) in [5.41, 5.74) is 3.09. The Kier molecular flexibility index (Phi) is 7.67. The lowest BCUT2D eigenvalue weighted by atomic mass is 10.2. The molecule has 2 bridgehead atoms. The number of nitrogens with one attached hydrogen (secondary N) is 1. The lowest BCUT2D eigenvalue weighted by Crippen LogP contribution is -2.41. The fourth-order valence-corrected chi connectivity index (χ4v) is 6.71. The van der Waals surface area contributed by atoms with Crippen molar-refractivity contribution >= 4 is 20.0 Å². The van der Waals surface area contributed by atoms with Crippen LogP contribution in [0.5, 0.6) is 0 Å². The number of hydrogen-bond acceptors (Lipinski definition) is 6. The van der Waals surface area contributed by atoms with Crippen LogP contribution in [0.1, 0.15) is 22.5 Å². The van der Waals surface area contributed by atoms with E-state index in [0.29, 0.717) is 24.5 Å². The molecule has 4 rings (SSSR count). The Morgan fingerprint density at radius 1 is 0.657 bits per heavy atom. The minimum absolute atomic E-state index is 0.0937. The maximum atomic E-state index is 13.4. The number of benzene rings is 2. The first-order valence-corrected chi connectivity index (χ1v) is 14.3. The van der Waals surface area contributed by atoms with Gasteiger partial charge >= 0.3 is 0 Å². The van der Waals surface area contributed by atoms with Crippen molar-refractivity contribution in [2.45, 2.75) is 36.7 Å². The first-order valence-electron chi connectivity index (χ1n) is 11.5. The van der Waals surface area contributed by atoms with Gasteiger partial charge in [0.1, 0.15) is 0 Å². The van der Waals surface area contributed by atoms with Gasteiger partial charge in [-0.05, 0) is 50.2 Å². The summed E-state index contributed by atoms with van der Waals surface area (Å²) >= 11 is 0. The first-order chi connectivity index (χ1) is 16.7. The minimum atomic E-state index is -3.72. The van der Waals surface area contributed by atoms with Crippen molar-refractivity contribution in [3.05, 3.63) is 89.2 Å². The average Bonchev–Trinajstić information content (AvgIpc) is 2.82. The smallest absolute Gasteiger partial charge is 0.243 e. The topological polar surface area (TPSA) is 99.7 Å². The lowest BCUT2D eigenvalue weighted by molar-refractivity contribution is 0.367. The molecule has 35 heavy (non-hydrogen) atoms. The quantitative estimate of drug-likeness (QED) is 0.575. The summed E-state index contributed by atoms with van der Waals surface area (Å²) in [7, 11) is -7.45. The van der Waals surface area contributed by atoms with E-state index in [4.69, 9.17) is 0 Å². The molecule has 1 N–H and O–H groups in total. The van der Waals surface area contributed by atoms with Crippen molar-refractivity contribution in [1.82, 2.24) is 18.9 Å². The second-order valence-electron chi connectivity index (χ2n) is 8.67. The van der Waals surface area contributed by atoms with Gasteiger partial charge in [0.05, 0.1) is 34.3 Å². The van der Waals surface area contributed by atoms with Crippen molar-refractivity contribution in [2.75, 3.05) is 26.2 Å². The Balaban J connectivity index is 1.63. The van der Waals surface area contributed by atoms with Crippen LogP contribution in [0.25, 0.3) is 0 Å². The molecule has 0 unspecified atom stereocenters. The van der Waals surface area contributed by atoms with Gasteiger partial charge in [0, 0.05) is 26.2 Å². The Hall–Kier alpha value is -2.63. The van der Waals surface area contributed by atoms with Crippen LogP contribution in [0, 0.1) is 13.8 Å². The van der Waals surface area contributed by atoms with Crippen LogP contribution >= 0.6 is 0 Å². The van der Waals surface area contributed by atoms with Crippen molar-refractivity contribution in [2.24, 2.45) is 0 Å². The van der Waals surface area contributed by atoms with Crippen LogP contribution in [0.2, 0.25) is 0 Å². The van der Waals surface area contributed by atoms with Crippen molar-refractivity contribution < 1.29 is 16.8 Å². The molecule has 0 aliphatic carbocycles. The maximum Gasteiger partial charge on any atom is 0.243 e. The standard InChI is InChI=1S/C25H30N4O4S2/c1-20-6-10-24(11-7-20)34(30,31)28-16-14-26-15-17-29(19-23-5-3-4-22(18-28)27-23)35(32,33)25-12-8-21(2)9-13-25/h3-13,26H,14-19H2,1-2H3. The van der Waals surface area contributed by atoms with Gasteiger partial charge in [0.25, 0.3) is 0 Å². The highest BCUT2D eigenvalue weighted by molar-refractivity contribution is 7.89. The van der Waals surface area contributed by atoms with E-state index >= 15 is 0 Å². The Morgan fingerprint density at radius 2 is 1.06 bits per heavy atom. The zero-order chi connectivity index (χ0) is 25.1. The third-order valence-electron chi connectivity index (χ3n) is 5.93. The van der Waals surface area contributed by atoms with Crippen molar-refractivity contribution in [1.29, 1.82) is 0 Å². The van der Waals surface area contributed by atoms with Gasteiger partial charge in [-0.25, -0.2) is 16.8 Å². The van der Waals surface area contributed by atoms with E-state index in [1.807, 2.05) is 13.8 Å². The molecule has 1 aliphatic heterocycles. The summed E-state index contributed by atoms with van der Waals surface area (Å²) in [6.07, 6.45) is 0. The normalized spacial score (nSPS) is 16.9. The molecule has 186 valence electrons. The molecule has 0 radical (unpaired) electrons. The van der Waals surface area contributed by atoms with E-state index in [1.54, 1.807) is 66.7 Å².